The number of hydrogen-bond donors (Lipinski definition) is 1. The molecule has 1 fully saturated rings. The number of amides is 1. The topological polar surface area (TPSA) is 48.5 Å². The number of benzene rings is 1. The summed E-state index contributed by atoms with van der Waals surface area (Å²) in [5, 5.41) is 5.47. The molecule has 1 aliphatic rings. The summed E-state index contributed by atoms with van der Waals surface area (Å²) < 4.78 is 0. The summed E-state index contributed by atoms with van der Waals surface area (Å²) in [6, 6.07) is 10.1. The fourth-order valence-electron chi connectivity index (χ4n) is 2.90. The Bertz CT molecular complexity index is 698. The number of piperazine rings is 1. The molecular weight excluding hydrogens is 312 g/mol. The maximum atomic E-state index is 11.7. The van der Waals surface area contributed by atoms with Gasteiger partial charge in [-0.1, -0.05) is 35.9 Å². The molecule has 0 bridgehead atoms. The van der Waals surface area contributed by atoms with Crippen molar-refractivity contribution in [1.29, 1.82) is 0 Å². The standard InChI is InChI=1S/C17H21ClN4O/c1-2-19-16(23)12-21-7-9-22(10-8-21)15-11-13-5-3-4-6-14(13)17(18)20-15/h3-6,11H,2,7-10,12H2,1H3,(H,19,23). The van der Waals surface area contributed by atoms with Crippen LogP contribution in [0.3, 0.4) is 0 Å². The van der Waals surface area contributed by atoms with Gasteiger partial charge in [0.25, 0.3) is 0 Å². The van der Waals surface area contributed by atoms with E-state index in [0.29, 0.717) is 18.2 Å². The molecule has 1 aliphatic heterocycles. The van der Waals surface area contributed by atoms with Gasteiger partial charge in [0, 0.05) is 38.1 Å². The van der Waals surface area contributed by atoms with Gasteiger partial charge in [-0.3, -0.25) is 9.69 Å². The second-order valence-corrected chi connectivity index (χ2v) is 6.07. The molecule has 6 heteroatoms. The second kappa shape index (κ2) is 7.15. The fraction of sp³-hybridized carbons (Fsp3) is 0.412. The van der Waals surface area contributed by atoms with Gasteiger partial charge in [0.2, 0.25) is 5.91 Å². The Morgan fingerprint density at radius 1 is 1.26 bits per heavy atom. The van der Waals surface area contributed by atoms with E-state index in [1.54, 1.807) is 0 Å². The van der Waals surface area contributed by atoms with Crippen LogP contribution in [0.4, 0.5) is 5.82 Å². The van der Waals surface area contributed by atoms with Gasteiger partial charge in [-0.2, -0.15) is 0 Å². The van der Waals surface area contributed by atoms with Crippen molar-refractivity contribution in [3.05, 3.63) is 35.5 Å². The Balaban J connectivity index is 1.67. The summed E-state index contributed by atoms with van der Waals surface area (Å²) in [6.07, 6.45) is 0. The number of anilines is 1. The Labute approximate surface area is 141 Å². The van der Waals surface area contributed by atoms with Crippen molar-refractivity contribution in [2.45, 2.75) is 6.92 Å². The molecule has 2 aromatic rings. The molecule has 3 rings (SSSR count). The zero-order valence-corrected chi connectivity index (χ0v) is 14.0. The number of carbonyl (C=O) groups is 1. The Morgan fingerprint density at radius 3 is 2.74 bits per heavy atom. The molecule has 0 aliphatic carbocycles. The Kier molecular flexibility index (Phi) is 4.98. The highest BCUT2D eigenvalue weighted by Gasteiger charge is 2.20. The maximum Gasteiger partial charge on any atom is 0.234 e. The van der Waals surface area contributed by atoms with E-state index in [-0.39, 0.29) is 5.91 Å². The van der Waals surface area contributed by atoms with Crippen molar-refractivity contribution in [1.82, 2.24) is 15.2 Å². The normalized spacial score (nSPS) is 15.8. The maximum absolute atomic E-state index is 11.7. The average Bonchev–Trinajstić information content (AvgIpc) is 2.56. The number of carbonyl (C=O) groups excluding carboxylic acids is 1. The quantitative estimate of drug-likeness (QED) is 0.872. The molecule has 1 N–H and O–H groups in total. The lowest BCUT2D eigenvalue weighted by Crippen LogP contribution is -2.49. The summed E-state index contributed by atoms with van der Waals surface area (Å²) in [5.74, 6) is 0.999. The molecule has 1 aromatic heterocycles. The number of rotatable bonds is 4. The van der Waals surface area contributed by atoms with Gasteiger partial charge in [0.15, 0.2) is 0 Å². The van der Waals surface area contributed by atoms with Crippen LogP contribution in [0.25, 0.3) is 10.8 Å². The van der Waals surface area contributed by atoms with Gasteiger partial charge in [0.1, 0.15) is 11.0 Å². The number of halogens is 1. The highest BCUT2D eigenvalue weighted by atomic mass is 35.5. The summed E-state index contributed by atoms with van der Waals surface area (Å²) in [7, 11) is 0. The summed E-state index contributed by atoms with van der Waals surface area (Å²) in [6.45, 7) is 6.48. The number of nitrogens with zero attached hydrogens (tertiary/aromatic N) is 3. The molecule has 122 valence electrons. The first kappa shape index (κ1) is 16.0. The van der Waals surface area contributed by atoms with E-state index >= 15 is 0 Å². The van der Waals surface area contributed by atoms with E-state index in [2.05, 4.69) is 32.2 Å². The van der Waals surface area contributed by atoms with Crippen LogP contribution in [0.5, 0.6) is 0 Å². The fourth-order valence-corrected chi connectivity index (χ4v) is 3.15. The molecule has 23 heavy (non-hydrogen) atoms. The zero-order chi connectivity index (χ0) is 16.2. The lowest BCUT2D eigenvalue weighted by atomic mass is 10.1. The highest BCUT2D eigenvalue weighted by Crippen LogP contribution is 2.26. The van der Waals surface area contributed by atoms with Crippen LogP contribution in [0.2, 0.25) is 5.15 Å². The molecule has 0 atom stereocenters. The predicted molar refractivity (Wildman–Crippen MR) is 94.1 cm³/mol. The minimum absolute atomic E-state index is 0.0906. The van der Waals surface area contributed by atoms with E-state index in [1.165, 1.54) is 0 Å². The number of aromatic nitrogens is 1. The molecule has 5 nitrogen and oxygen atoms in total. The van der Waals surface area contributed by atoms with Crippen molar-refractivity contribution >= 4 is 34.1 Å². The molecule has 1 aromatic carbocycles. The third kappa shape index (κ3) is 3.74. The van der Waals surface area contributed by atoms with Gasteiger partial charge < -0.3 is 10.2 Å². The number of likely N-dealkylation sites (N-methyl/N-ethyl adjacent to an activating group) is 1. The van der Waals surface area contributed by atoms with E-state index in [9.17, 15) is 4.79 Å². The zero-order valence-electron chi connectivity index (χ0n) is 13.3. The van der Waals surface area contributed by atoms with Crippen LogP contribution in [0.1, 0.15) is 6.92 Å². The van der Waals surface area contributed by atoms with E-state index in [4.69, 9.17) is 11.6 Å². The predicted octanol–water partition coefficient (Wildman–Crippen LogP) is 2.15. The average molecular weight is 333 g/mol. The van der Waals surface area contributed by atoms with Crippen molar-refractivity contribution in [3.8, 4) is 0 Å². The van der Waals surface area contributed by atoms with Crippen LogP contribution < -0.4 is 10.2 Å². The van der Waals surface area contributed by atoms with Crippen molar-refractivity contribution < 1.29 is 4.79 Å². The van der Waals surface area contributed by atoms with E-state index in [0.717, 1.165) is 42.8 Å². The molecule has 0 radical (unpaired) electrons. The summed E-state index contributed by atoms with van der Waals surface area (Å²) >= 11 is 6.31. The molecule has 0 unspecified atom stereocenters. The third-order valence-corrected chi connectivity index (χ3v) is 4.41. The van der Waals surface area contributed by atoms with Crippen molar-refractivity contribution in [2.24, 2.45) is 0 Å². The number of pyridine rings is 1. The Hall–Kier alpha value is -1.85. The van der Waals surface area contributed by atoms with Crippen molar-refractivity contribution in [3.63, 3.8) is 0 Å². The Morgan fingerprint density at radius 2 is 2.00 bits per heavy atom. The monoisotopic (exact) mass is 332 g/mol. The first-order valence-corrected chi connectivity index (χ1v) is 8.34. The van der Waals surface area contributed by atoms with E-state index < -0.39 is 0 Å². The first-order valence-electron chi connectivity index (χ1n) is 7.96. The van der Waals surface area contributed by atoms with Gasteiger partial charge in [-0.05, 0) is 18.4 Å². The number of hydrogen-bond acceptors (Lipinski definition) is 4. The summed E-state index contributed by atoms with van der Waals surface area (Å²) in [5.41, 5.74) is 0. The lowest BCUT2D eigenvalue weighted by molar-refractivity contribution is -0.122. The lowest BCUT2D eigenvalue weighted by Gasteiger charge is -2.35. The molecule has 0 saturated carbocycles. The van der Waals surface area contributed by atoms with Crippen LogP contribution in [0, 0.1) is 0 Å². The van der Waals surface area contributed by atoms with Gasteiger partial charge in [-0.25, -0.2) is 4.98 Å². The van der Waals surface area contributed by atoms with Gasteiger partial charge in [-0.15, -0.1) is 0 Å². The van der Waals surface area contributed by atoms with Gasteiger partial charge >= 0.3 is 0 Å². The van der Waals surface area contributed by atoms with Gasteiger partial charge in [0.05, 0.1) is 6.54 Å². The van der Waals surface area contributed by atoms with Crippen LogP contribution in [-0.2, 0) is 4.79 Å². The molecule has 0 spiro atoms. The minimum Gasteiger partial charge on any atom is -0.355 e. The molecule has 1 amide bonds. The minimum atomic E-state index is 0.0906. The second-order valence-electron chi connectivity index (χ2n) is 5.71. The van der Waals surface area contributed by atoms with Crippen LogP contribution >= 0.6 is 11.6 Å². The number of nitrogens with one attached hydrogen (secondary N) is 1. The number of fused-ring (bicyclic) bond motifs is 1. The molecule has 2 heterocycles. The molecular formula is C17H21ClN4O. The first-order chi connectivity index (χ1) is 11.2. The SMILES string of the molecule is CCNC(=O)CN1CCN(c2cc3ccccc3c(Cl)n2)CC1. The smallest absolute Gasteiger partial charge is 0.234 e. The molecule has 1 saturated heterocycles. The van der Waals surface area contributed by atoms with E-state index in [1.807, 2.05) is 25.1 Å². The van der Waals surface area contributed by atoms with Crippen molar-refractivity contribution in [2.75, 3.05) is 44.2 Å². The van der Waals surface area contributed by atoms with Crippen LogP contribution in [-0.4, -0.2) is 55.1 Å². The third-order valence-electron chi connectivity index (χ3n) is 4.12. The largest absolute Gasteiger partial charge is 0.355 e. The highest BCUT2D eigenvalue weighted by molar-refractivity contribution is 6.34. The summed E-state index contributed by atoms with van der Waals surface area (Å²) in [4.78, 5) is 20.6. The van der Waals surface area contributed by atoms with Crippen LogP contribution in [0.15, 0.2) is 30.3 Å².